The lowest BCUT2D eigenvalue weighted by atomic mass is 10.1. The molecule has 0 aromatic carbocycles. The molecule has 1 aromatic rings. The highest BCUT2D eigenvalue weighted by Crippen LogP contribution is 2.34. The second-order valence-electron chi connectivity index (χ2n) is 4.67. The van der Waals surface area contributed by atoms with Crippen molar-refractivity contribution in [3.63, 3.8) is 0 Å². The van der Waals surface area contributed by atoms with Crippen molar-refractivity contribution in [3.8, 4) is 0 Å². The van der Waals surface area contributed by atoms with Gasteiger partial charge in [-0.15, -0.1) is 23.1 Å². The first-order chi connectivity index (χ1) is 9.56. The highest BCUT2D eigenvalue weighted by molar-refractivity contribution is 8.00. The normalized spacial score (nSPS) is 23.8. The molecule has 1 aliphatic rings. The van der Waals surface area contributed by atoms with Gasteiger partial charge in [0, 0.05) is 10.6 Å². The van der Waals surface area contributed by atoms with Crippen LogP contribution in [0.2, 0.25) is 0 Å². The number of carbonyl (C=O) groups excluding carboxylic acids is 1. The Bertz CT molecular complexity index is 478. The third-order valence-corrected chi connectivity index (χ3v) is 5.59. The molecule has 2 heterocycles. The summed E-state index contributed by atoms with van der Waals surface area (Å²) in [5.41, 5.74) is 6.00. The summed E-state index contributed by atoms with van der Waals surface area (Å²) in [6.07, 6.45) is 1.69. The quantitative estimate of drug-likeness (QED) is 0.867. The van der Waals surface area contributed by atoms with Crippen LogP contribution in [0.3, 0.4) is 0 Å². The first-order valence-electron chi connectivity index (χ1n) is 6.51. The summed E-state index contributed by atoms with van der Waals surface area (Å²) in [7, 11) is 0. The molecule has 5 nitrogen and oxygen atoms in total. The predicted molar refractivity (Wildman–Crippen MR) is 80.7 cm³/mol. The van der Waals surface area contributed by atoms with Gasteiger partial charge in [-0.25, -0.2) is 4.79 Å². The van der Waals surface area contributed by atoms with Crippen LogP contribution in [-0.4, -0.2) is 39.1 Å². The van der Waals surface area contributed by atoms with Crippen molar-refractivity contribution in [2.24, 2.45) is 5.73 Å². The van der Waals surface area contributed by atoms with E-state index < -0.39 is 18.1 Å². The standard InChI is InChI=1S/C13H18N2O3S2/c1-2-4-10-15(8(7-20-10)13(17)18)12(16)11(14)9-5-3-6-19-9/h3,5-6,8,10-11H,2,4,7,14H2,1H3,(H,17,18). The largest absolute Gasteiger partial charge is 0.480 e. The smallest absolute Gasteiger partial charge is 0.327 e. The zero-order valence-electron chi connectivity index (χ0n) is 11.2. The molecule has 0 radical (unpaired) electrons. The maximum Gasteiger partial charge on any atom is 0.327 e. The minimum absolute atomic E-state index is 0.0837. The molecule has 1 aromatic heterocycles. The van der Waals surface area contributed by atoms with Crippen molar-refractivity contribution in [1.82, 2.24) is 4.90 Å². The van der Waals surface area contributed by atoms with Gasteiger partial charge < -0.3 is 15.7 Å². The van der Waals surface area contributed by atoms with Gasteiger partial charge in [-0.2, -0.15) is 0 Å². The van der Waals surface area contributed by atoms with Crippen molar-refractivity contribution in [2.45, 2.75) is 37.2 Å². The highest BCUT2D eigenvalue weighted by atomic mass is 32.2. The first kappa shape index (κ1) is 15.3. The summed E-state index contributed by atoms with van der Waals surface area (Å²) < 4.78 is 0. The minimum atomic E-state index is -0.956. The van der Waals surface area contributed by atoms with Crippen LogP contribution in [0.1, 0.15) is 30.7 Å². The monoisotopic (exact) mass is 314 g/mol. The van der Waals surface area contributed by atoms with E-state index in [0.29, 0.717) is 5.75 Å². The molecule has 1 fully saturated rings. The van der Waals surface area contributed by atoms with Gasteiger partial charge in [0.2, 0.25) is 5.91 Å². The lowest BCUT2D eigenvalue weighted by Crippen LogP contribution is -2.49. The van der Waals surface area contributed by atoms with Gasteiger partial charge in [-0.1, -0.05) is 19.4 Å². The van der Waals surface area contributed by atoms with Gasteiger partial charge in [0.1, 0.15) is 12.1 Å². The third kappa shape index (κ3) is 2.99. The molecule has 0 spiro atoms. The number of hydrogen-bond donors (Lipinski definition) is 2. The molecule has 3 N–H and O–H groups in total. The molecule has 1 aliphatic heterocycles. The fourth-order valence-corrected chi connectivity index (χ4v) is 4.51. The lowest BCUT2D eigenvalue weighted by Gasteiger charge is -2.29. The van der Waals surface area contributed by atoms with Gasteiger partial charge in [0.05, 0.1) is 5.37 Å². The SMILES string of the molecule is CCCC1SCC(C(=O)O)N1C(=O)C(N)c1cccs1. The molecule has 20 heavy (non-hydrogen) atoms. The average Bonchev–Trinajstić information content (AvgIpc) is 3.06. The number of carboxylic acid groups (broad SMARTS) is 1. The molecule has 1 saturated heterocycles. The van der Waals surface area contributed by atoms with Crippen LogP contribution in [-0.2, 0) is 9.59 Å². The maximum absolute atomic E-state index is 12.6. The zero-order valence-corrected chi connectivity index (χ0v) is 12.8. The number of carboxylic acids is 1. The van der Waals surface area contributed by atoms with Crippen LogP contribution in [0.4, 0.5) is 0 Å². The van der Waals surface area contributed by atoms with Crippen molar-refractivity contribution in [1.29, 1.82) is 0 Å². The van der Waals surface area contributed by atoms with E-state index in [-0.39, 0.29) is 11.3 Å². The second-order valence-corrected chi connectivity index (χ2v) is 6.86. The Labute approximate surface area is 126 Å². The molecule has 0 bridgehead atoms. The molecule has 0 saturated carbocycles. The van der Waals surface area contributed by atoms with E-state index in [4.69, 9.17) is 5.73 Å². The van der Waals surface area contributed by atoms with E-state index in [9.17, 15) is 14.7 Å². The van der Waals surface area contributed by atoms with E-state index in [1.807, 2.05) is 18.4 Å². The second kappa shape index (κ2) is 6.60. The van der Waals surface area contributed by atoms with Crippen molar-refractivity contribution >= 4 is 35.0 Å². The maximum atomic E-state index is 12.6. The number of rotatable bonds is 5. The summed E-state index contributed by atoms with van der Waals surface area (Å²) in [5.74, 6) is -0.811. The molecule has 3 atom stereocenters. The fraction of sp³-hybridized carbons (Fsp3) is 0.538. The van der Waals surface area contributed by atoms with Crippen molar-refractivity contribution in [3.05, 3.63) is 22.4 Å². The molecule has 2 rings (SSSR count). The fourth-order valence-electron chi connectivity index (χ4n) is 2.27. The lowest BCUT2D eigenvalue weighted by molar-refractivity contribution is -0.149. The molecule has 110 valence electrons. The molecule has 3 unspecified atom stereocenters. The average molecular weight is 314 g/mol. The van der Waals surface area contributed by atoms with E-state index in [1.54, 1.807) is 6.07 Å². The van der Waals surface area contributed by atoms with Crippen molar-refractivity contribution in [2.75, 3.05) is 5.75 Å². The number of thioether (sulfide) groups is 1. The minimum Gasteiger partial charge on any atom is -0.480 e. The Balaban J connectivity index is 2.20. The summed E-state index contributed by atoms with van der Waals surface area (Å²) in [4.78, 5) is 26.1. The van der Waals surface area contributed by atoms with Crippen LogP contribution in [0.5, 0.6) is 0 Å². The van der Waals surface area contributed by atoms with Crippen LogP contribution in [0.15, 0.2) is 17.5 Å². The number of nitrogens with two attached hydrogens (primary N) is 1. The van der Waals surface area contributed by atoms with Crippen molar-refractivity contribution < 1.29 is 14.7 Å². The van der Waals surface area contributed by atoms with Crippen LogP contribution in [0.25, 0.3) is 0 Å². The van der Waals surface area contributed by atoms with Gasteiger partial charge in [-0.05, 0) is 17.9 Å². The summed E-state index contributed by atoms with van der Waals surface area (Å²) in [6.45, 7) is 2.02. The molecule has 7 heteroatoms. The van der Waals surface area contributed by atoms with E-state index >= 15 is 0 Å². The predicted octanol–water partition coefficient (Wildman–Crippen LogP) is 1.90. The Morgan fingerprint density at radius 1 is 1.60 bits per heavy atom. The Hall–Kier alpha value is -1.05. The molecule has 1 amide bonds. The van der Waals surface area contributed by atoms with E-state index in [1.165, 1.54) is 28.0 Å². The highest BCUT2D eigenvalue weighted by Gasteiger charge is 2.42. The van der Waals surface area contributed by atoms with Gasteiger partial charge in [0.25, 0.3) is 0 Å². The van der Waals surface area contributed by atoms with E-state index in [2.05, 4.69) is 0 Å². The Morgan fingerprint density at radius 3 is 2.90 bits per heavy atom. The van der Waals surface area contributed by atoms with Gasteiger partial charge >= 0.3 is 5.97 Å². The number of carbonyl (C=O) groups is 2. The summed E-state index contributed by atoms with van der Waals surface area (Å²) >= 11 is 2.94. The first-order valence-corrected chi connectivity index (χ1v) is 8.44. The number of amides is 1. The zero-order chi connectivity index (χ0) is 14.7. The number of thiophene rings is 1. The molecule has 0 aliphatic carbocycles. The number of aliphatic carboxylic acids is 1. The summed E-state index contributed by atoms with van der Waals surface area (Å²) in [5, 5.41) is 11.1. The molecular formula is C13H18N2O3S2. The van der Waals surface area contributed by atoms with Gasteiger partial charge in [0.15, 0.2) is 0 Å². The van der Waals surface area contributed by atoms with Crippen LogP contribution in [0, 0.1) is 0 Å². The Morgan fingerprint density at radius 2 is 2.35 bits per heavy atom. The summed E-state index contributed by atoms with van der Waals surface area (Å²) in [6, 6.07) is 2.11. The molecular weight excluding hydrogens is 296 g/mol. The van der Waals surface area contributed by atoms with Crippen LogP contribution >= 0.6 is 23.1 Å². The van der Waals surface area contributed by atoms with Crippen LogP contribution < -0.4 is 5.73 Å². The number of nitrogens with zero attached hydrogens (tertiary/aromatic N) is 1. The number of hydrogen-bond acceptors (Lipinski definition) is 5. The van der Waals surface area contributed by atoms with E-state index in [0.717, 1.165) is 17.7 Å². The Kier molecular flexibility index (Phi) is 5.06. The third-order valence-electron chi connectivity index (χ3n) is 3.28. The topological polar surface area (TPSA) is 83.6 Å². The van der Waals surface area contributed by atoms with Gasteiger partial charge in [-0.3, -0.25) is 4.79 Å².